The molecule has 0 bridgehead atoms. The Bertz CT molecular complexity index is 391. The first kappa shape index (κ1) is 12.5. The fraction of sp³-hybridized carbons (Fsp3) is 0.375. The lowest BCUT2D eigenvalue weighted by Crippen LogP contribution is -2.12. The molecule has 0 radical (unpaired) electrons. The van der Waals surface area contributed by atoms with Crippen LogP contribution in [-0.4, -0.2) is 12.1 Å². The summed E-state index contributed by atoms with van der Waals surface area (Å²) < 4.78 is 66.0. The molecule has 0 amide bonds. The molecule has 16 heavy (non-hydrogen) atoms. The fourth-order valence-corrected chi connectivity index (χ4v) is 1.06. The van der Waals surface area contributed by atoms with Crippen LogP contribution in [-0.2, 0) is 6.18 Å². The number of nitrogens with two attached hydrogens (primary N) is 1. The molecule has 3 nitrogen and oxygen atoms in total. The van der Waals surface area contributed by atoms with Gasteiger partial charge in [-0.1, -0.05) is 0 Å². The zero-order valence-electron chi connectivity index (χ0n) is 7.98. The van der Waals surface area contributed by atoms with Crippen LogP contribution in [0.25, 0.3) is 0 Å². The van der Waals surface area contributed by atoms with E-state index in [-0.39, 0.29) is 0 Å². The van der Waals surface area contributed by atoms with E-state index >= 15 is 0 Å². The number of hydrogen-bond donors (Lipinski definition) is 1. The molecular formula is C8H7F5N2O. The number of hydrogen-bond acceptors (Lipinski definition) is 3. The van der Waals surface area contributed by atoms with E-state index in [2.05, 4.69) is 9.72 Å². The Hall–Kier alpha value is -1.60. The molecule has 0 atom stereocenters. The van der Waals surface area contributed by atoms with Crippen molar-refractivity contribution in [2.45, 2.75) is 12.6 Å². The summed E-state index contributed by atoms with van der Waals surface area (Å²) >= 11 is 0. The number of aromatic nitrogens is 1. The predicted molar refractivity (Wildman–Crippen MR) is 45.2 cm³/mol. The number of halogens is 5. The fourth-order valence-electron chi connectivity index (χ4n) is 1.06. The number of alkyl halides is 5. The topological polar surface area (TPSA) is 48.1 Å². The van der Waals surface area contributed by atoms with E-state index in [4.69, 9.17) is 5.73 Å². The van der Waals surface area contributed by atoms with Gasteiger partial charge in [-0.3, -0.25) is 0 Å². The van der Waals surface area contributed by atoms with E-state index in [1.807, 2.05) is 0 Å². The minimum Gasteiger partial charge on any atom is -0.481 e. The number of ether oxygens (including phenoxy) is 1. The molecule has 0 spiro atoms. The Morgan fingerprint density at radius 2 is 1.94 bits per heavy atom. The first-order valence-electron chi connectivity index (χ1n) is 3.97. The summed E-state index contributed by atoms with van der Waals surface area (Å²) in [5.74, 6) is -0.919. The molecule has 0 saturated carbocycles. The van der Waals surface area contributed by atoms with Crippen molar-refractivity contribution in [3.63, 3.8) is 0 Å². The summed E-state index contributed by atoms with van der Waals surface area (Å²) in [6.07, 6.45) is -7.82. The number of anilines is 1. The van der Waals surface area contributed by atoms with Gasteiger partial charge in [-0.05, 0) is 6.07 Å². The molecule has 0 aliphatic carbocycles. The Morgan fingerprint density at radius 1 is 1.38 bits per heavy atom. The molecule has 0 unspecified atom stereocenters. The van der Waals surface area contributed by atoms with Crippen molar-refractivity contribution >= 4 is 5.69 Å². The Balaban J connectivity index is 3.38. The molecule has 8 heteroatoms. The average Bonchev–Trinajstić information content (AvgIpc) is 2.15. The molecule has 0 aromatic carbocycles. The van der Waals surface area contributed by atoms with Crippen LogP contribution in [0.4, 0.5) is 27.6 Å². The normalized spacial score (nSPS) is 11.9. The van der Waals surface area contributed by atoms with Crippen LogP contribution in [0, 0.1) is 0 Å². The lowest BCUT2D eigenvalue weighted by Gasteiger charge is -2.13. The Kier molecular flexibility index (Phi) is 3.20. The quantitative estimate of drug-likeness (QED) is 0.811. The van der Waals surface area contributed by atoms with Crippen molar-refractivity contribution < 1.29 is 26.7 Å². The van der Waals surface area contributed by atoms with Crippen molar-refractivity contribution in [2.75, 3.05) is 12.8 Å². The van der Waals surface area contributed by atoms with Gasteiger partial charge in [0.15, 0.2) is 0 Å². The van der Waals surface area contributed by atoms with Gasteiger partial charge in [0, 0.05) is 0 Å². The smallest absolute Gasteiger partial charge is 0.421 e. The van der Waals surface area contributed by atoms with Gasteiger partial charge < -0.3 is 10.5 Å². The SMILES string of the molecule is COc1nc(C(F)F)c(N)cc1C(F)(F)F. The van der Waals surface area contributed by atoms with Gasteiger partial charge in [-0.2, -0.15) is 13.2 Å². The number of rotatable bonds is 2. The van der Waals surface area contributed by atoms with E-state index in [9.17, 15) is 22.0 Å². The van der Waals surface area contributed by atoms with Gasteiger partial charge in [0.25, 0.3) is 6.43 Å². The van der Waals surface area contributed by atoms with Gasteiger partial charge in [0.2, 0.25) is 5.88 Å². The molecule has 90 valence electrons. The zero-order valence-corrected chi connectivity index (χ0v) is 7.98. The number of nitrogens with zero attached hydrogens (tertiary/aromatic N) is 1. The summed E-state index contributed by atoms with van der Waals surface area (Å²) in [6.45, 7) is 0. The number of nitrogen functional groups attached to an aromatic ring is 1. The third-order valence-corrected chi connectivity index (χ3v) is 1.75. The molecule has 1 aromatic rings. The monoisotopic (exact) mass is 242 g/mol. The summed E-state index contributed by atoms with van der Waals surface area (Å²) in [6, 6.07) is 0.382. The van der Waals surface area contributed by atoms with Crippen LogP contribution in [0.3, 0.4) is 0 Å². The van der Waals surface area contributed by atoms with Gasteiger partial charge in [0.1, 0.15) is 11.3 Å². The van der Waals surface area contributed by atoms with Crippen LogP contribution in [0.15, 0.2) is 6.07 Å². The van der Waals surface area contributed by atoms with E-state index in [0.29, 0.717) is 6.07 Å². The molecule has 1 heterocycles. The van der Waals surface area contributed by atoms with Crippen LogP contribution in [0.5, 0.6) is 5.88 Å². The highest BCUT2D eigenvalue weighted by Crippen LogP contribution is 2.38. The third-order valence-electron chi connectivity index (χ3n) is 1.75. The summed E-state index contributed by atoms with van der Waals surface area (Å²) in [5.41, 5.74) is 2.12. The highest BCUT2D eigenvalue weighted by Gasteiger charge is 2.36. The van der Waals surface area contributed by atoms with Crippen LogP contribution >= 0.6 is 0 Å². The molecule has 0 aliphatic heterocycles. The second kappa shape index (κ2) is 4.11. The lowest BCUT2D eigenvalue weighted by molar-refractivity contribution is -0.139. The first-order chi connectivity index (χ1) is 7.27. The largest absolute Gasteiger partial charge is 0.481 e. The lowest BCUT2D eigenvalue weighted by atomic mass is 10.2. The molecular weight excluding hydrogens is 235 g/mol. The molecule has 1 aromatic heterocycles. The summed E-state index contributed by atoms with van der Waals surface area (Å²) in [7, 11) is 0.906. The summed E-state index contributed by atoms with van der Waals surface area (Å²) in [5, 5.41) is 0. The van der Waals surface area contributed by atoms with Crippen molar-refractivity contribution in [1.29, 1.82) is 0 Å². The minimum atomic E-state index is -4.76. The van der Waals surface area contributed by atoms with Crippen molar-refractivity contribution in [1.82, 2.24) is 4.98 Å². The minimum absolute atomic E-state index is 0.382. The Labute approximate surface area is 87.0 Å². The van der Waals surface area contributed by atoms with E-state index in [1.54, 1.807) is 0 Å². The molecule has 0 aliphatic rings. The maximum Gasteiger partial charge on any atom is 0.421 e. The average molecular weight is 242 g/mol. The first-order valence-corrected chi connectivity index (χ1v) is 3.97. The highest BCUT2D eigenvalue weighted by molar-refractivity contribution is 5.50. The third kappa shape index (κ3) is 2.31. The van der Waals surface area contributed by atoms with E-state index in [1.165, 1.54) is 0 Å². The molecule has 1 rings (SSSR count). The summed E-state index contributed by atoms with van der Waals surface area (Å²) in [4.78, 5) is 3.04. The van der Waals surface area contributed by atoms with Crippen LogP contribution < -0.4 is 10.5 Å². The Morgan fingerprint density at radius 3 is 2.31 bits per heavy atom. The maximum absolute atomic E-state index is 12.4. The van der Waals surface area contributed by atoms with Crippen LogP contribution in [0.2, 0.25) is 0 Å². The van der Waals surface area contributed by atoms with Crippen LogP contribution in [0.1, 0.15) is 17.7 Å². The molecule has 2 N–H and O–H groups in total. The van der Waals surface area contributed by atoms with E-state index < -0.39 is 35.4 Å². The van der Waals surface area contributed by atoms with Gasteiger partial charge in [-0.25, -0.2) is 13.8 Å². The number of methoxy groups -OCH3 is 1. The predicted octanol–water partition coefficient (Wildman–Crippen LogP) is 2.63. The van der Waals surface area contributed by atoms with Gasteiger partial charge in [0.05, 0.1) is 12.8 Å². The van der Waals surface area contributed by atoms with Crippen molar-refractivity contribution in [3.8, 4) is 5.88 Å². The molecule has 0 fully saturated rings. The standard InChI is InChI=1S/C8H7F5N2O/c1-16-7-3(8(11,12)13)2-4(14)5(15-7)6(9)10/h2,6H,14H2,1H3. The molecule has 0 saturated heterocycles. The second-order valence-electron chi connectivity index (χ2n) is 2.82. The number of pyridine rings is 1. The maximum atomic E-state index is 12.4. The zero-order chi connectivity index (χ0) is 12.5. The van der Waals surface area contributed by atoms with Crippen molar-refractivity contribution in [2.24, 2.45) is 0 Å². The van der Waals surface area contributed by atoms with Gasteiger partial charge >= 0.3 is 6.18 Å². The second-order valence-corrected chi connectivity index (χ2v) is 2.82. The van der Waals surface area contributed by atoms with E-state index in [0.717, 1.165) is 7.11 Å². The highest BCUT2D eigenvalue weighted by atomic mass is 19.4. The van der Waals surface area contributed by atoms with Crippen molar-refractivity contribution in [3.05, 3.63) is 17.3 Å². The van der Waals surface area contributed by atoms with Gasteiger partial charge in [-0.15, -0.1) is 0 Å².